The molecule has 0 aliphatic rings. The van der Waals surface area contributed by atoms with Gasteiger partial charge in [0.25, 0.3) is 5.91 Å². The number of anilines is 3. The maximum absolute atomic E-state index is 12.9. The maximum atomic E-state index is 12.9. The van der Waals surface area contributed by atoms with Crippen molar-refractivity contribution in [3.63, 3.8) is 0 Å². The number of rotatable bonds is 13. The van der Waals surface area contributed by atoms with Gasteiger partial charge in [0, 0.05) is 24.7 Å². The molecule has 0 aliphatic carbocycles. The molecule has 0 saturated heterocycles. The van der Waals surface area contributed by atoms with Crippen LogP contribution in [-0.2, 0) is 25.6 Å². The van der Waals surface area contributed by atoms with E-state index in [2.05, 4.69) is 25.3 Å². The van der Waals surface area contributed by atoms with Crippen LogP contribution in [-0.4, -0.2) is 64.1 Å². The van der Waals surface area contributed by atoms with Crippen molar-refractivity contribution in [1.29, 1.82) is 0 Å². The van der Waals surface area contributed by atoms with Crippen molar-refractivity contribution < 1.29 is 23.9 Å². The smallest absolute Gasteiger partial charge is 0.328 e. The predicted octanol–water partition coefficient (Wildman–Crippen LogP) is 2.01. The Hall–Kier alpha value is -4.55. The van der Waals surface area contributed by atoms with Crippen molar-refractivity contribution in [3.8, 4) is 0 Å². The number of nitrogens with one attached hydrogen (secondary N) is 1. The Balaban J connectivity index is 1.64. The molecule has 0 spiro atoms. The predicted molar refractivity (Wildman–Crippen MR) is 145 cm³/mol. The number of nitrogen functional groups attached to an aromatic ring is 2. The quantitative estimate of drug-likeness (QED) is 0.269. The summed E-state index contributed by atoms with van der Waals surface area (Å²) in [6, 6.07) is 5.86. The van der Waals surface area contributed by atoms with Gasteiger partial charge in [-0.05, 0) is 43.5 Å². The highest BCUT2D eigenvalue weighted by Crippen LogP contribution is 2.19. The molecule has 3 rings (SSSR count). The van der Waals surface area contributed by atoms with Crippen LogP contribution in [0.1, 0.15) is 55.6 Å². The fraction of sp³-hybridized carbons (Fsp3) is 0.423. The average Bonchev–Trinajstić information content (AvgIpc) is 2.92. The third-order valence-corrected chi connectivity index (χ3v) is 5.61. The van der Waals surface area contributed by atoms with Gasteiger partial charge in [0.05, 0.1) is 31.6 Å². The van der Waals surface area contributed by atoms with Crippen LogP contribution in [0.2, 0.25) is 0 Å². The average molecular weight is 539 g/mol. The van der Waals surface area contributed by atoms with Gasteiger partial charge >= 0.3 is 11.9 Å². The number of aromatic nitrogens is 4. The molecule has 3 aromatic rings. The van der Waals surface area contributed by atoms with Crippen molar-refractivity contribution >= 4 is 46.5 Å². The summed E-state index contributed by atoms with van der Waals surface area (Å²) in [5.41, 5.74) is 14.0. The molecule has 2 heterocycles. The van der Waals surface area contributed by atoms with Gasteiger partial charge in [0.1, 0.15) is 6.04 Å². The number of amides is 1. The first-order valence-corrected chi connectivity index (χ1v) is 12.7. The SMILES string of the molecule is CCCOC(=O)CC[C@H](NC(=O)c1ccc(N(C)Cc2cnc3nc(N)nc(N)c3n2)cc1)C(=O)OCCC. The molecule has 13 nitrogen and oxygen atoms in total. The van der Waals surface area contributed by atoms with Crippen LogP contribution in [0.15, 0.2) is 30.5 Å². The van der Waals surface area contributed by atoms with Crippen molar-refractivity contribution in [1.82, 2.24) is 25.3 Å². The molecule has 1 aromatic carbocycles. The van der Waals surface area contributed by atoms with E-state index in [-0.39, 0.29) is 31.2 Å². The minimum atomic E-state index is -0.973. The molecule has 0 unspecified atom stereocenters. The fourth-order valence-corrected chi connectivity index (χ4v) is 3.60. The zero-order chi connectivity index (χ0) is 28.4. The van der Waals surface area contributed by atoms with Gasteiger partial charge in [-0.15, -0.1) is 0 Å². The number of hydrogen-bond donors (Lipinski definition) is 3. The number of fused-ring (bicyclic) bond motifs is 1. The van der Waals surface area contributed by atoms with E-state index in [0.717, 1.165) is 5.69 Å². The molecule has 0 fully saturated rings. The third kappa shape index (κ3) is 8.22. The first-order valence-electron chi connectivity index (χ1n) is 12.7. The molecule has 0 radical (unpaired) electrons. The van der Waals surface area contributed by atoms with Crippen molar-refractivity contribution in [2.75, 3.05) is 36.6 Å². The molecular formula is C26H34N8O5. The van der Waals surface area contributed by atoms with E-state index in [1.807, 2.05) is 25.8 Å². The zero-order valence-electron chi connectivity index (χ0n) is 22.3. The number of esters is 2. The van der Waals surface area contributed by atoms with E-state index < -0.39 is 23.9 Å². The number of carbonyl (C=O) groups excluding carboxylic acids is 3. The van der Waals surface area contributed by atoms with Crippen LogP contribution in [0.5, 0.6) is 0 Å². The lowest BCUT2D eigenvalue weighted by atomic mass is 10.1. The summed E-state index contributed by atoms with van der Waals surface area (Å²) in [6.07, 6.45) is 2.98. The Bertz CT molecular complexity index is 1300. The number of nitrogens with two attached hydrogens (primary N) is 2. The summed E-state index contributed by atoms with van der Waals surface area (Å²) in [5, 5.41) is 2.68. The Labute approximate surface area is 226 Å². The normalized spacial score (nSPS) is 11.6. The Morgan fingerprint density at radius 3 is 2.38 bits per heavy atom. The summed E-state index contributed by atoms with van der Waals surface area (Å²) in [5.74, 6) is -1.29. The van der Waals surface area contributed by atoms with Crippen LogP contribution >= 0.6 is 0 Å². The summed E-state index contributed by atoms with van der Waals surface area (Å²) in [7, 11) is 1.86. The second-order valence-electron chi connectivity index (χ2n) is 8.86. The second kappa shape index (κ2) is 13.8. The number of ether oxygens (including phenoxy) is 2. The first-order chi connectivity index (χ1) is 18.7. The molecule has 1 atom stereocenters. The van der Waals surface area contributed by atoms with E-state index in [1.165, 1.54) is 0 Å². The van der Waals surface area contributed by atoms with Crippen molar-refractivity contribution in [2.24, 2.45) is 0 Å². The summed E-state index contributed by atoms with van der Waals surface area (Å²) in [4.78, 5) is 55.9. The molecular weight excluding hydrogens is 504 g/mol. The minimum Gasteiger partial charge on any atom is -0.466 e. The van der Waals surface area contributed by atoms with Crippen molar-refractivity contribution in [3.05, 3.63) is 41.7 Å². The Kier molecular flexibility index (Phi) is 10.3. The van der Waals surface area contributed by atoms with E-state index >= 15 is 0 Å². The standard InChI is InChI=1S/C26H34N8O5/c1-4-12-38-20(35)11-10-19(25(37)39-13-5-2)31-24(36)16-6-8-18(9-7-16)34(3)15-17-14-29-23-21(30-17)22(27)32-26(28)33-23/h6-9,14,19H,4-5,10-13,15H2,1-3H3,(H,31,36)(H4,27,28,29,32,33)/t19-/m0/s1. The minimum absolute atomic E-state index is 0.0152. The zero-order valence-corrected chi connectivity index (χ0v) is 22.3. The number of carbonyl (C=O) groups is 3. The maximum Gasteiger partial charge on any atom is 0.328 e. The highest BCUT2D eigenvalue weighted by molar-refractivity contribution is 5.97. The Morgan fingerprint density at radius 1 is 1.00 bits per heavy atom. The third-order valence-electron chi connectivity index (χ3n) is 5.61. The molecule has 0 saturated carbocycles. The topological polar surface area (TPSA) is 189 Å². The number of nitrogens with zero attached hydrogens (tertiary/aromatic N) is 5. The first kappa shape index (κ1) is 29.0. The molecule has 2 aromatic heterocycles. The fourth-order valence-electron chi connectivity index (χ4n) is 3.60. The van der Waals surface area contributed by atoms with Gasteiger partial charge in [-0.1, -0.05) is 13.8 Å². The van der Waals surface area contributed by atoms with Gasteiger partial charge in [-0.3, -0.25) is 9.59 Å². The summed E-state index contributed by atoms with van der Waals surface area (Å²) >= 11 is 0. The molecule has 5 N–H and O–H groups in total. The van der Waals surface area contributed by atoms with Crippen molar-refractivity contribution in [2.45, 2.75) is 52.1 Å². The number of benzene rings is 1. The van der Waals surface area contributed by atoms with Crippen LogP contribution < -0.4 is 21.7 Å². The lowest BCUT2D eigenvalue weighted by Gasteiger charge is -2.20. The second-order valence-corrected chi connectivity index (χ2v) is 8.86. The summed E-state index contributed by atoms with van der Waals surface area (Å²) < 4.78 is 10.3. The lowest BCUT2D eigenvalue weighted by molar-refractivity contribution is -0.147. The molecule has 39 heavy (non-hydrogen) atoms. The van der Waals surface area contributed by atoms with Gasteiger partial charge in [-0.2, -0.15) is 9.97 Å². The Morgan fingerprint density at radius 2 is 1.69 bits per heavy atom. The molecule has 0 aliphatic heterocycles. The highest BCUT2D eigenvalue weighted by Gasteiger charge is 2.24. The van der Waals surface area contributed by atoms with Gasteiger partial charge < -0.3 is 31.2 Å². The van der Waals surface area contributed by atoms with Crippen LogP contribution in [0.4, 0.5) is 17.5 Å². The van der Waals surface area contributed by atoms with E-state index in [9.17, 15) is 14.4 Å². The van der Waals surface area contributed by atoms with Crippen LogP contribution in [0, 0.1) is 0 Å². The molecule has 0 bridgehead atoms. The van der Waals surface area contributed by atoms with E-state index in [1.54, 1.807) is 30.5 Å². The van der Waals surface area contributed by atoms with Gasteiger partial charge in [0.2, 0.25) is 5.95 Å². The largest absolute Gasteiger partial charge is 0.466 e. The summed E-state index contributed by atoms with van der Waals surface area (Å²) in [6.45, 7) is 4.69. The van der Waals surface area contributed by atoms with Gasteiger partial charge in [-0.25, -0.2) is 14.8 Å². The monoisotopic (exact) mass is 538 g/mol. The lowest BCUT2D eigenvalue weighted by Crippen LogP contribution is -2.42. The van der Waals surface area contributed by atoms with E-state index in [4.69, 9.17) is 20.9 Å². The molecule has 208 valence electrons. The van der Waals surface area contributed by atoms with E-state index in [0.29, 0.717) is 48.4 Å². The van der Waals surface area contributed by atoms with Gasteiger partial charge in [0.15, 0.2) is 17.0 Å². The van der Waals surface area contributed by atoms with Crippen LogP contribution in [0.25, 0.3) is 11.2 Å². The highest BCUT2D eigenvalue weighted by atomic mass is 16.5. The number of hydrogen-bond acceptors (Lipinski definition) is 12. The molecule has 1 amide bonds. The molecule has 13 heteroatoms. The van der Waals surface area contributed by atoms with Crippen LogP contribution in [0.3, 0.4) is 0 Å².